The van der Waals surface area contributed by atoms with E-state index in [9.17, 15) is 9.00 Å². The molecule has 2 unspecified atom stereocenters. The van der Waals surface area contributed by atoms with Gasteiger partial charge >= 0.3 is 0 Å². The molecule has 0 saturated carbocycles. The number of nitrogens with one attached hydrogen (secondary N) is 1. The molecule has 0 heterocycles. The number of aliphatic hydroxyl groups is 2. The van der Waals surface area contributed by atoms with E-state index in [2.05, 4.69) is 5.32 Å². The molecular formula is C13H19NO4S. The van der Waals surface area contributed by atoms with Crippen LogP contribution < -0.4 is 5.32 Å². The zero-order chi connectivity index (χ0) is 14.4. The van der Waals surface area contributed by atoms with E-state index in [0.29, 0.717) is 5.69 Å². The standard InChI is InChI=1S/C13H19NO4S/c1-9-4-3-5-12(10(9)2)14-13(17)8-19(18)7-11(16)6-15/h3-5,11,15-16H,6-8H2,1-2H3,(H,14,17). The Morgan fingerprint density at radius 3 is 2.74 bits per heavy atom. The van der Waals surface area contributed by atoms with E-state index in [1.54, 1.807) is 6.07 Å². The normalized spacial score (nSPS) is 13.9. The predicted octanol–water partition coefficient (Wildman–Crippen LogP) is 0.344. The Kier molecular flexibility index (Phi) is 6.14. The van der Waals surface area contributed by atoms with Crippen LogP contribution >= 0.6 is 0 Å². The summed E-state index contributed by atoms with van der Waals surface area (Å²) in [4.78, 5) is 11.7. The molecule has 5 nitrogen and oxygen atoms in total. The number of aryl methyl sites for hydroxylation is 1. The van der Waals surface area contributed by atoms with Crippen LogP contribution in [0.5, 0.6) is 0 Å². The van der Waals surface area contributed by atoms with E-state index in [0.717, 1.165) is 11.1 Å². The molecule has 19 heavy (non-hydrogen) atoms. The first-order valence-corrected chi connectivity index (χ1v) is 7.42. The molecule has 6 heteroatoms. The average Bonchev–Trinajstić information content (AvgIpc) is 2.34. The summed E-state index contributed by atoms with van der Waals surface area (Å²) >= 11 is 0. The fraction of sp³-hybridized carbons (Fsp3) is 0.462. The lowest BCUT2D eigenvalue weighted by Crippen LogP contribution is -2.27. The maximum Gasteiger partial charge on any atom is 0.236 e. The molecule has 106 valence electrons. The van der Waals surface area contributed by atoms with Crippen LogP contribution in [0.4, 0.5) is 5.69 Å². The number of carbonyl (C=O) groups excluding carboxylic acids is 1. The Morgan fingerprint density at radius 2 is 2.11 bits per heavy atom. The van der Waals surface area contributed by atoms with Gasteiger partial charge in [-0.15, -0.1) is 0 Å². The summed E-state index contributed by atoms with van der Waals surface area (Å²) in [6.45, 7) is 3.39. The van der Waals surface area contributed by atoms with Gasteiger partial charge in [0.2, 0.25) is 5.91 Å². The molecule has 0 fully saturated rings. The number of amides is 1. The highest BCUT2D eigenvalue weighted by Crippen LogP contribution is 2.17. The third-order valence-corrected chi connectivity index (χ3v) is 4.10. The highest BCUT2D eigenvalue weighted by Gasteiger charge is 2.13. The van der Waals surface area contributed by atoms with Gasteiger partial charge in [0, 0.05) is 16.5 Å². The molecule has 1 aromatic carbocycles. The first-order valence-electron chi connectivity index (χ1n) is 5.94. The highest BCUT2D eigenvalue weighted by molar-refractivity contribution is 7.85. The van der Waals surface area contributed by atoms with Gasteiger partial charge in [0.25, 0.3) is 0 Å². The Balaban J connectivity index is 2.56. The first kappa shape index (κ1) is 15.8. The molecule has 1 aromatic rings. The number of benzene rings is 1. The molecule has 1 amide bonds. The summed E-state index contributed by atoms with van der Waals surface area (Å²) in [5.41, 5.74) is 2.73. The van der Waals surface area contributed by atoms with Gasteiger partial charge in [-0.3, -0.25) is 9.00 Å². The van der Waals surface area contributed by atoms with Gasteiger partial charge in [-0.2, -0.15) is 0 Å². The fourth-order valence-electron chi connectivity index (χ4n) is 1.55. The van der Waals surface area contributed by atoms with Crippen LogP contribution in [-0.2, 0) is 15.6 Å². The number of hydrogen-bond acceptors (Lipinski definition) is 4. The van der Waals surface area contributed by atoms with Crippen LogP contribution in [0.2, 0.25) is 0 Å². The third kappa shape index (κ3) is 5.10. The van der Waals surface area contributed by atoms with E-state index in [1.807, 2.05) is 26.0 Å². The van der Waals surface area contributed by atoms with Crippen molar-refractivity contribution in [2.75, 3.05) is 23.4 Å². The summed E-state index contributed by atoms with van der Waals surface area (Å²) in [6, 6.07) is 5.57. The van der Waals surface area contributed by atoms with Gasteiger partial charge in [-0.05, 0) is 31.0 Å². The zero-order valence-electron chi connectivity index (χ0n) is 11.0. The van der Waals surface area contributed by atoms with Gasteiger partial charge in [-0.25, -0.2) is 0 Å². The van der Waals surface area contributed by atoms with E-state index in [4.69, 9.17) is 10.2 Å². The largest absolute Gasteiger partial charge is 0.394 e. The molecule has 0 spiro atoms. The molecule has 0 bridgehead atoms. The molecule has 1 rings (SSSR count). The van der Waals surface area contributed by atoms with Gasteiger partial charge < -0.3 is 15.5 Å². The van der Waals surface area contributed by atoms with Crippen LogP contribution in [-0.4, -0.2) is 44.5 Å². The van der Waals surface area contributed by atoms with Gasteiger partial charge in [0.15, 0.2) is 0 Å². The van der Waals surface area contributed by atoms with Crippen molar-refractivity contribution < 1.29 is 19.2 Å². The first-order chi connectivity index (χ1) is 8.93. The molecule has 0 aliphatic heterocycles. The molecule has 0 saturated heterocycles. The highest BCUT2D eigenvalue weighted by atomic mass is 32.2. The van der Waals surface area contributed by atoms with Crippen molar-refractivity contribution in [3.05, 3.63) is 29.3 Å². The Hall–Kier alpha value is -1.24. The maximum absolute atomic E-state index is 11.7. The molecule has 0 aromatic heterocycles. The van der Waals surface area contributed by atoms with Crippen LogP contribution in [0, 0.1) is 13.8 Å². The van der Waals surface area contributed by atoms with Crippen molar-refractivity contribution in [3.8, 4) is 0 Å². The van der Waals surface area contributed by atoms with Crippen LogP contribution in [0.15, 0.2) is 18.2 Å². The average molecular weight is 285 g/mol. The number of rotatable bonds is 6. The van der Waals surface area contributed by atoms with Crippen LogP contribution in [0.25, 0.3) is 0 Å². The topological polar surface area (TPSA) is 86.6 Å². The van der Waals surface area contributed by atoms with Crippen LogP contribution in [0.1, 0.15) is 11.1 Å². The lowest BCUT2D eigenvalue weighted by Gasteiger charge is -2.11. The third-order valence-electron chi connectivity index (χ3n) is 2.76. The summed E-state index contributed by atoms with van der Waals surface area (Å²) in [7, 11) is -1.49. The Labute approximate surface area is 115 Å². The number of carbonyl (C=O) groups is 1. The van der Waals surface area contributed by atoms with Gasteiger partial charge in [-0.1, -0.05) is 12.1 Å². The molecule has 0 radical (unpaired) electrons. The minimum absolute atomic E-state index is 0.100. The minimum atomic E-state index is -1.49. The second-order valence-electron chi connectivity index (χ2n) is 4.38. The van der Waals surface area contributed by atoms with Crippen molar-refractivity contribution in [2.45, 2.75) is 20.0 Å². The summed E-state index contributed by atoms with van der Waals surface area (Å²) < 4.78 is 11.5. The monoisotopic (exact) mass is 285 g/mol. The molecule has 2 atom stereocenters. The van der Waals surface area contributed by atoms with Crippen molar-refractivity contribution in [3.63, 3.8) is 0 Å². The second-order valence-corrected chi connectivity index (χ2v) is 5.88. The summed E-state index contributed by atoms with van der Waals surface area (Å²) in [6.07, 6.45) is -1.05. The van der Waals surface area contributed by atoms with E-state index in [1.165, 1.54) is 0 Å². The Bertz CT molecular complexity index is 476. The predicted molar refractivity (Wildman–Crippen MR) is 75.5 cm³/mol. The van der Waals surface area contributed by atoms with Crippen molar-refractivity contribution in [1.29, 1.82) is 0 Å². The Morgan fingerprint density at radius 1 is 1.42 bits per heavy atom. The van der Waals surface area contributed by atoms with Crippen LogP contribution in [0.3, 0.4) is 0 Å². The molecular weight excluding hydrogens is 266 g/mol. The molecule has 0 aliphatic rings. The molecule has 0 aliphatic carbocycles. The maximum atomic E-state index is 11.7. The number of aliphatic hydroxyl groups excluding tert-OH is 2. The lowest BCUT2D eigenvalue weighted by molar-refractivity contribution is -0.113. The smallest absolute Gasteiger partial charge is 0.236 e. The van der Waals surface area contributed by atoms with Crippen molar-refractivity contribution in [2.24, 2.45) is 0 Å². The van der Waals surface area contributed by atoms with Crippen molar-refractivity contribution in [1.82, 2.24) is 0 Å². The summed E-state index contributed by atoms with van der Waals surface area (Å²) in [5.74, 6) is -0.654. The van der Waals surface area contributed by atoms with E-state index in [-0.39, 0.29) is 17.4 Å². The quantitative estimate of drug-likeness (QED) is 0.703. The molecule has 3 N–H and O–H groups in total. The zero-order valence-corrected chi connectivity index (χ0v) is 11.9. The van der Waals surface area contributed by atoms with E-state index < -0.39 is 23.5 Å². The lowest BCUT2D eigenvalue weighted by atomic mass is 10.1. The van der Waals surface area contributed by atoms with Gasteiger partial charge in [0.05, 0.1) is 18.5 Å². The SMILES string of the molecule is Cc1cccc(NC(=O)CS(=O)CC(O)CO)c1C. The number of hydrogen-bond donors (Lipinski definition) is 3. The van der Waals surface area contributed by atoms with E-state index >= 15 is 0 Å². The summed E-state index contributed by atoms with van der Waals surface area (Å²) in [5, 5.41) is 20.5. The fourth-order valence-corrected chi connectivity index (χ4v) is 2.56. The minimum Gasteiger partial charge on any atom is -0.394 e. The number of anilines is 1. The van der Waals surface area contributed by atoms with Crippen molar-refractivity contribution >= 4 is 22.4 Å². The second kappa shape index (κ2) is 7.37. The van der Waals surface area contributed by atoms with Gasteiger partial charge in [0.1, 0.15) is 5.75 Å².